The van der Waals surface area contributed by atoms with Crippen LogP contribution in [0.15, 0.2) is 97.3 Å². The molecule has 4 aromatic rings. The van der Waals surface area contributed by atoms with Gasteiger partial charge in [-0.1, -0.05) is 54.6 Å². The van der Waals surface area contributed by atoms with Gasteiger partial charge in [0.05, 0.1) is 16.7 Å². The fraction of sp³-hybridized carbons (Fsp3) is 0.207. The molecule has 0 N–H and O–H groups in total. The molecule has 1 aliphatic heterocycles. The zero-order valence-electron chi connectivity index (χ0n) is 21.0. The molecule has 5 rings (SSSR count). The smallest absolute Gasteiger partial charge is 0.340 e. The third-order valence-electron chi connectivity index (χ3n) is 6.04. The van der Waals surface area contributed by atoms with E-state index >= 15 is 0 Å². The first-order valence-corrected chi connectivity index (χ1v) is 12.4. The third-order valence-corrected chi connectivity index (χ3v) is 6.04. The number of aryl methyl sites for hydroxylation is 1. The first-order valence-electron chi connectivity index (χ1n) is 12.4. The van der Waals surface area contributed by atoms with E-state index in [9.17, 15) is 14.4 Å². The second kappa shape index (κ2) is 11.7. The highest BCUT2D eigenvalue weighted by molar-refractivity contribution is 5.91. The summed E-state index contributed by atoms with van der Waals surface area (Å²) in [6.07, 6.45) is -3.56. The minimum absolute atomic E-state index is 0.182. The molecular weight excluding hydrogens is 502 g/mol. The maximum Gasteiger partial charge on any atom is 0.340 e. The summed E-state index contributed by atoms with van der Waals surface area (Å²) in [5, 5.41) is 4.39. The van der Waals surface area contributed by atoms with Gasteiger partial charge in [0.15, 0.2) is 18.0 Å². The van der Waals surface area contributed by atoms with Crippen LogP contribution in [0.2, 0.25) is 0 Å². The molecule has 10 nitrogen and oxygen atoms in total. The highest BCUT2D eigenvalue weighted by atomic mass is 16.7. The maximum atomic E-state index is 13.1. The van der Waals surface area contributed by atoms with Gasteiger partial charge in [0, 0.05) is 6.54 Å². The van der Waals surface area contributed by atoms with Crippen molar-refractivity contribution in [3.05, 3.63) is 120 Å². The SMILES string of the molecule is CCn1cnc(C2OC(OC(=O)c3ccccc3)C(OC(=O)c3ccccc3)C2OC(=O)c2ccccc2)n1. The number of aromatic nitrogens is 3. The number of ether oxygens (including phenoxy) is 4. The van der Waals surface area contributed by atoms with Crippen LogP contribution in [0.25, 0.3) is 0 Å². The zero-order valence-corrected chi connectivity index (χ0v) is 21.0. The van der Waals surface area contributed by atoms with Crippen molar-refractivity contribution in [3.63, 3.8) is 0 Å². The average Bonchev–Trinajstić information content (AvgIpc) is 3.59. The number of rotatable bonds is 8. The number of hydrogen-bond donors (Lipinski definition) is 0. The third kappa shape index (κ3) is 5.86. The lowest BCUT2D eigenvalue weighted by molar-refractivity contribution is -0.138. The summed E-state index contributed by atoms with van der Waals surface area (Å²) in [6, 6.07) is 24.9. The van der Waals surface area contributed by atoms with E-state index < -0.39 is 42.5 Å². The van der Waals surface area contributed by atoms with Gasteiger partial charge in [-0.25, -0.2) is 19.4 Å². The lowest BCUT2D eigenvalue weighted by atomic mass is 10.1. The minimum atomic E-state index is -1.42. The average molecular weight is 528 g/mol. The lowest BCUT2D eigenvalue weighted by Crippen LogP contribution is -2.40. The Hall–Kier alpha value is -4.83. The number of nitrogens with zero attached hydrogens (tertiary/aromatic N) is 3. The van der Waals surface area contributed by atoms with E-state index in [1.807, 2.05) is 6.92 Å². The van der Waals surface area contributed by atoms with Crippen LogP contribution in [0.3, 0.4) is 0 Å². The van der Waals surface area contributed by atoms with Gasteiger partial charge in [-0.3, -0.25) is 4.68 Å². The van der Waals surface area contributed by atoms with Crippen molar-refractivity contribution >= 4 is 17.9 Å². The Balaban J connectivity index is 1.50. The van der Waals surface area contributed by atoms with Crippen LogP contribution >= 0.6 is 0 Å². The van der Waals surface area contributed by atoms with Crippen molar-refractivity contribution < 1.29 is 33.3 Å². The molecule has 0 aliphatic carbocycles. The van der Waals surface area contributed by atoms with Crippen LogP contribution in [-0.2, 0) is 25.5 Å². The lowest BCUT2D eigenvalue weighted by Gasteiger charge is -2.23. The van der Waals surface area contributed by atoms with E-state index in [0.29, 0.717) is 6.54 Å². The highest BCUT2D eigenvalue weighted by Gasteiger charge is 2.54. The normalized spacial score (nSPS) is 20.2. The predicted molar refractivity (Wildman–Crippen MR) is 136 cm³/mol. The standard InChI is InChI=1S/C29H25N3O7/c1-2-32-18-30-25(31-32)23-22(36-26(33)19-12-6-3-7-13-19)24(37-27(34)20-14-8-4-9-15-20)29(38-23)39-28(35)21-16-10-5-11-17-21/h3-18,22-24,29H,2H2,1H3. The minimum Gasteiger partial charge on any atom is -0.451 e. The Morgan fingerprint density at radius 1 is 0.718 bits per heavy atom. The molecule has 4 unspecified atom stereocenters. The van der Waals surface area contributed by atoms with Crippen molar-refractivity contribution in [1.82, 2.24) is 14.8 Å². The molecule has 0 amide bonds. The molecule has 198 valence electrons. The number of benzene rings is 3. The molecule has 1 saturated heterocycles. The van der Waals surface area contributed by atoms with Gasteiger partial charge < -0.3 is 18.9 Å². The first kappa shape index (κ1) is 25.8. The molecule has 10 heteroatoms. The summed E-state index contributed by atoms with van der Waals surface area (Å²) >= 11 is 0. The molecule has 0 bridgehead atoms. The van der Waals surface area contributed by atoms with Gasteiger partial charge in [-0.05, 0) is 43.3 Å². The summed E-state index contributed by atoms with van der Waals surface area (Å²) in [5.41, 5.74) is 0.806. The highest BCUT2D eigenvalue weighted by Crippen LogP contribution is 2.38. The van der Waals surface area contributed by atoms with E-state index in [-0.39, 0.29) is 22.5 Å². The van der Waals surface area contributed by atoms with E-state index in [0.717, 1.165) is 0 Å². The fourth-order valence-electron chi connectivity index (χ4n) is 4.05. The van der Waals surface area contributed by atoms with E-state index in [2.05, 4.69) is 10.1 Å². The van der Waals surface area contributed by atoms with Gasteiger partial charge in [-0.2, -0.15) is 5.10 Å². The molecule has 3 aromatic carbocycles. The number of hydrogen-bond acceptors (Lipinski definition) is 9. The molecule has 0 spiro atoms. The van der Waals surface area contributed by atoms with Crippen molar-refractivity contribution in [2.75, 3.05) is 0 Å². The number of carbonyl (C=O) groups excluding carboxylic acids is 3. The monoisotopic (exact) mass is 527 g/mol. The molecular formula is C29H25N3O7. The Morgan fingerprint density at radius 2 is 1.18 bits per heavy atom. The summed E-state index contributed by atoms with van der Waals surface area (Å²) < 4.78 is 24.9. The van der Waals surface area contributed by atoms with Crippen LogP contribution in [0.4, 0.5) is 0 Å². The van der Waals surface area contributed by atoms with Crippen LogP contribution in [0, 0.1) is 0 Å². The Bertz CT molecular complexity index is 1430. The van der Waals surface area contributed by atoms with Crippen molar-refractivity contribution in [2.45, 2.75) is 38.1 Å². The van der Waals surface area contributed by atoms with Crippen LogP contribution in [-0.4, -0.2) is 51.2 Å². The molecule has 0 saturated carbocycles. The molecule has 0 radical (unpaired) electrons. The first-order chi connectivity index (χ1) is 19.0. The van der Waals surface area contributed by atoms with Crippen molar-refractivity contribution in [3.8, 4) is 0 Å². The van der Waals surface area contributed by atoms with Crippen molar-refractivity contribution in [2.24, 2.45) is 0 Å². The number of carbonyl (C=O) groups is 3. The molecule has 2 heterocycles. The molecule has 1 aromatic heterocycles. The van der Waals surface area contributed by atoms with Crippen LogP contribution in [0.1, 0.15) is 49.9 Å². The number of esters is 3. The van der Waals surface area contributed by atoms with E-state index in [1.165, 1.54) is 6.33 Å². The Labute approximate surface area is 224 Å². The molecule has 1 aliphatic rings. The van der Waals surface area contributed by atoms with Crippen LogP contribution < -0.4 is 0 Å². The largest absolute Gasteiger partial charge is 0.451 e. The van der Waals surface area contributed by atoms with Gasteiger partial charge in [0.25, 0.3) is 0 Å². The molecule has 4 atom stereocenters. The summed E-state index contributed by atoms with van der Waals surface area (Å²) in [5.74, 6) is -1.91. The molecule has 39 heavy (non-hydrogen) atoms. The predicted octanol–water partition coefficient (Wildman–Crippen LogP) is 4.00. The second-order valence-electron chi connectivity index (χ2n) is 8.63. The van der Waals surface area contributed by atoms with Gasteiger partial charge in [0.2, 0.25) is 12.4 Å². The Kier molecular flexibility index (Phi) is 7.74. The van der Waals surface area contributed by atoms with Crippen LogP contribution in [0.5, 0.6) is 0 Å². The van der Waals surface area contributed by atoms with E-state index in [4.69, 9.17) is 18.9 Å². The van der Waals surface area contributed by atoms with Crippen molar-refractivity contribution in [1.29, 1.82) is 0 Å². The fourth-order valence-corrected chi connectivity index (χ4v) is 4.05. The Morgan fingerprint density at radius 3 is 1.64 bits per heavy atom. The maximum absolute atomic E-state index is 13.1. The topological polar surface area (TPSA) is 119 Å². The summed E-state index contributed by atoms with van der Waals surface area (Å²) in [6.45, 7) is 2.42. The molecule has 1 fully saturated rings. The van der Waals surface area contributed by atoms with E-state index in [1.54, 1.807) is 95.7 Å². The second-order valence-corrected chi connectivity index (χ2v) is 8.63. The quantitative estimate of drug-likeness (QED) is 0.247. The zero-order chi connectivity index (χ0) is 27.2. The van der Waals surface area contributed by atoms with Gasteiger partial charge in [-0.15, -0.1) is 0 Å². The van der Waals surface area contributed by atoms with Gasteiger partial charge in [0.1, 0.15) is 6.33 Å². The summed E-state index contributed by atoms with van der Waals surface area (Å²) in [7, 11) is 0. The summed E-state index contributed by atoms with van der Waals surface area (Å²) in [4.78, 5) is 43.5. The van der Waals surface area contributed by atoms with Gasteiger partial charge >= 0.3 is 17.9 Å².